The third-order valence-electron chi connectivity index (χ3n) is 3.48. The van der Waals surface area contributed by atoms with Gasteiger partial charge in [-0.15, -0.1) is 0 Å². The summed E-state index contributed by atoms with van der Waals surface area (Å²) in [6.07, 6.45) is 0. The summed E-state index contributed by atoms with van der Waals surface area (Å²) in [5.74, 6) is 0.379. The number of primary amides is 1. The van der Waals surface area contributed by atoms with E-state index in [1.54, 1.807) is 12.1 Å². The molecule has 0 heterocycles. The van der Waals surface area contributed by atoms with Crippen molar-refractivity contribution in [3.05, 3.63) is 64.2 Å². The van der Waals surface area contributed by atoms with Gasteiger partial charge in [0, 0.05) is 5.56 Å². The van der Waals surface area contributed by atoms with E-state index in [1.165, 1.54) is 5.56 Å². The van der Waals surface area contributed by atoms with E-state index in [0.717, 1.165) is 22.4 Å². The predicted molar refractivity (Wildman–Crippen MR) is 79.9 cm³/mol. The molecule has 2 aromatic carbocycles. The molecule has 0 bridgehead atoms. The van der Waals surface area contributed by atoms with Crippen LogP contribution in [-0.4, -0.2) is 5.91 Å². The van der Waals surface area contributed by atoms with Crippen molar-refractivity contribution in [2.45, 2.75) is 27.4 Å². The maximum Gasteiger partial charge on any atom is 0.248 e. The lowest BCUT2D eigenvalue weighted by Crippen LogP contribution is -2.13. The van der Waals surface area contributed by atoms with E-state index < -0.39 is 5.91 Å². The number of aryl methyl sites for hydroxylation is 1. The summed E-state index contributed by atoms with van der Waals surface area (Å²) in [7, 11) is 0. The van der Waals surface area contributed by atoms with Crippen molar-refractivity contribution in [2.24, 2.45) is 5.73 Å². The summed E-state index contributed by atoms with van der Waals surface area (Å²) >= 11 is 0. The van der Waals surface area contributed by atoms with Crippen molar-refractivity contribution in [3.63, 3.8) is 0 Å². The van der Waals surface area contributed by atoms with Crippen LogP contribution in [0.25, 0.3) is 0 Å². The zero-order valence-corrected chi connectivity index (χ0v) is 12.1. The summed E-state index contributed by atoms with van der Waals surface area (Å²) in [6, 6.07) is 11.7. The predicted octanol–water partition coefficient (Wildman–Crippen LogP) is 3.29. The minimum atomic E-state index is -0.407. The minimum Gasteiger partial charge on any atom is -0.489 e. The van der Waals surface area contributed by atoms with Gasteiger partial charge in [0.15, 0.2) is 0 Å². The monoisotopic (exact) mass is 269 g/mol. The van der Waals surface area contributed by atoms with Crippen LogP contribution in [0.2, 0.25) is 0 Å². The van der Waals surface area contributed by atoms with Gasteiger partial charge in [-0.25, -0.2) is 0 Å². The molecule has 0 saturated carbocycles. The zero-order chi connectivity index (χ0) is 14.7. The van der Waals surface area contributed by atoms with Gasteiger partial charge < -0.3 is 10.5 Å². The fourth-order valence-corrected chi connectivity index (χ4v) is 2.18. The highest BCUT2D eigenvalue weighted by Crippen LogP contribution is 2.25. The molecule has 2 rings (SSSR count). The summed E-state index contributed by atoms with van der Waals surface area (Å²) in [5.41, 5.74) is 10.0. The van der Waals surface area contributed by atoms with E-state index in [-0.39, 0.29) is 0 Å². The van der Waals surface area contributed by atoms with Crippen LogP contribution < -0.4 is 10.5 Å². The van der Waals surface area contributed by atoms with Crippen molar-refractivity contribution in [2.75, 3.05) is 0 Å². The fourth-order valence-electron chi connectivity index (χ4n) is 2.18. The van der Waals surface area contributed by atoms with Crippen molar-refractivity contribution in [1.82, 2.24) is 0 Å². The fraction of sp³-hybridized carbons (Fsp3) is 0.235. The molecular weight excluding hydrogens is 250 g/mol. The molecule has 3 nitrogen and oxygen atoms in total. The van der Waals surface area contributed by atoms with Gasteiger partial charge in [-0.2, -0.15) is 0 Å². The van der Waals surface area contributed by atoms with Crippen LogP contribution in [0, 0.1) is 20.8 Å². The number of carbonyl (C=O) groups excluding carboxylic acids is 1. The first-order chi connectivity index (χ1) is 9.49. The van der Waals surface area contributed by atoms with E-state index in [2.05, 4.69) is 19.1 Å². The number of nitrogens with two attached hydrogens (primary N) is 1. The molecule has 2 N–H and O–H groups in total. The average molecular weight is 269 g/mol. The molecule has 0 aliphatic heterocycles. The number of rotatable bonds is 4. The van der Waals surface area contributed by atoms with Crippen LogP contribution in [0.3, 0.4) is 0 Å². The van der Waals surface area contributed by atoms with E-state index >= 15 is 0 Å². The molecule has 0 fully saturated rings. The number of carbonyl (C=O) groups is 1. The Kier molecular flexibility index (Phi) is 4.08. The summed E-state index contributed by atoms with van der Waals surface area (Å²) in [6.45, 7) is 6.39. The topological polar surface area (TPSA) is 52.3 Å². The van der Waals surface area contributed by atoms with Crippen molar-refractivity contribution in [1.29, 1.82) is 0 Å². The molecule has 0 spiro atoms. The molecule has 20 heavy (non-hydrogen) atoms. The van der Waals surface area contributed by atoms with Crippen LogP contribution in [0.1, 0.15) is 32.6 Å². The summed E-state index contributed by atoms with van der Waals surface area (Å²) < 4.78 is 5.84. The Morgan fingerprint density at radius 3 is 2.50 bits per heavy atom. The zero-order valence-electron chi connectivity index (χ0n) is 12.1. The van der Waals surface area contributed by atoms with Crippen LogP contribution >= 0.6 is 0 Å². The maximum atomic E-state index is 11.3. The Labute approximate surface area is 119 Å². The van der Waals surface area contributed by atoms with E-state index in [9.17, 15) is 4.79 Å². The highest BCUT2D eigenvalue weighted by molar-refractivity contribution is 5.94. The van der Waals surface area contributed by atoms with E-state index in [1.807, 2.05) is 26.0 Å². The van der Waals surface area contributed by atoms with Gasteiger partial charge in [-0.1, -0.05) is 29.8 Å². The number of amides is 1. The molecule has 0 aliphatic carbocycles. The van der Waals surface area contributed by atoms with Gasteiger partial charge >= 0.3 is 0 Å². The minimum absolute atomic E-state index is 0.407. The Bertz CT molecular complexity index is 647. The maximum absolute atomic E-state index is 11.3. The highest BCUT2D eigenvalue weighted by Gasteiger charge is 2.11. The van der Waals surface area contributed by atoms with Gasteiger partial charge in [0.25, 0.3) is 0 Å². The third kappa shape index (κ3) is 2.99. The number of benzene rings is 2. The third-order valence-corrected chi connectivity index (χ3v) is 3.48. The Hall–Kier alpha value is -2.29. The molecule has 0 aromatic heterocycles. The lowest BCUT2D eigenvalue weighted by Gasteiger charge is -2.13. The molecular formula is C17H19NO2. The summed E-state index contributed by atoms with van der Waals surface area (Å²) in [4.78, 5) is 11.3. The number of ether oxygens (including phenoxy) is 1. The number of hydrogen-bond acceptors (Lipinski definition) is 2. The van der Waals surface area contributed by atoms with Gasteiger partial charge in [0.2, 0.25) is 5.91 Å². The largest absolute Gasteiger partial charge is 0.489 e. The average Bonchev–Trinajstić information content (AvgIpc) is 2.40. The molecule has 3 heteroatoms. The first-order valence-electron chi connectivity index (χ1n) is 6.57. The van der Waals surface area contributed by atoms with Gasteiger partial charge in [-0.3, -0.25) is 4.79 Å². The highest BCUT2D eigenvalue weighted by atomic mass is 16.5. The molecule has 0 radical (unpaired) electrons. The summed E-state index contributed by atoms with van der Waals surface area (Å²) in [5, 5.41) is 0. The number of hydrogen-bond donors (Lipinski definition) is 1. The molecule has 104 valence electrons. The lowest BCUT2D eigenvalue weighted by atomic mass is 10.0. The molecule has 0 atom stereocenters. The van der Waals surface area contributed by atoms with Gasteiger partial charge in [0.1, 0.15) is 12.4 Å². The molecule has 1 amide bonds. The molecule has 0 saturated heterocycles. The molecule has 0 unspecified atom stereocenters. The van der Waals surface area contributed by atoms with Crippen LogP contribution in [0.4, 0.5) is 0 Å². The van der Waals surface area contributed by atoms with Gasteiger partial charge in [-0.05, 0) is 49.6 Å². The first kappa shape index (κ1) is 14.1. The van der Waals surface area contributed by atoms with Crippen LogP contribution in [-0.2, 0) is 6.61 Å². The van der Waals surface area contributed by atoms with E-state index in [0.29, 0.717) is 12.2 Å². The van der Waals surface area contributed by atoms with Crippen LogP contribution in [0.5, 0.6) is 5.75 Å². The standard InChI is InChI=1S/C17H19NO2/c1-11-5-4-6-14(9-11)10-20-16-8-7-15(17(18)19)12(2)13(16)3/h4-9H,10H2,1-3H3,(H2,18,19). The Morgan fingerprint density at radius 1 is 1.10 bits per heavy atom. The van der Waals surface area contributed by atoms with Gasteiger partial charge in [0.05, 0.1) is 0 Å². The smallest absolute Gasteiger partial charge is 0.248 e. The van der Waals surface area contributed by atoms with Crippen molar-refractivity contribution in [3.8, 4) is 5.75 Å². The SMILES string of the molecule is Cc1cccc(COc2ccc(C(N)=O)c(C)c2C)c1. The normalized spacial score (nSPS) is 10.3. The van der Waals surface area contributed by atoms with Crippen LogP contribution in [0.15, 0.2) is 36.4 Å². The quantitative estimate of drug-likeness (QED) is 0.926. The second-order valence-corrected chi connectivity index (χ2v) is 5.00. The lowest BCUT2D eigenvalue weighted by molar-refractivity contribution is 0.0999. The Morgan fingerprint density at radius 2 is 1.85 bits per heavy atom. The Balaban J connectivity index is 2.18. The second kappa shape index (κ2) is 5.78. The van der Waals surface area contributed by atoms with Crippen molar-refractivity contribution < 1.29 is 9.53 Å². The first-order valence-corrected chi connectivity index (χ1v) is 6.57. The van der Waals surface area contributed by atoms with Crippen molar-refractivity contribution >= 4 is 5.91 Å². The molecule has 0 aliphatic rings. The second-order valence-electron chi connectivity index (χ2n) is 5.00. The van der Waals surface area contributed by atoms with E-state index in [4.69, 9.17) is 10.5 Å². The molecule has 2 aromatic rings.